The highest BCUT2D eigenvalue weighted by Crippen LogP contribution is 2.36. The molecule has 2 aromatic heterocycles. The Bertz CT molecular complexity index is 1300. The number of nitrogen functional groups attached to an aromatic ring is 1. The van der Waals surface area contributed by atoms with Gasteiger partial charge in [0, 0.05) is 5.69 Å². The summed E-state index contributed by atoms with van der Waals surface area (Å²) in [4.78, 5) is 27.4. The van der Waals surface area contributed by atoms with Crippen molar-refractivity contribution in [1.82, 2.24) is 10.3 Å². The molecular formula is C19H13N7O5S. The first-order valence-electron chi connectivity index (χ1n) is 8.69. The molecular weight excluding hydrogens is 438 g/mol. The Morgan fingerprint density at radius 3 is 2.66 bits per heavy atom. The number of nitriles is 2. The van der Waals surface area contributed by atoms with Crippen LogP contribution in [0.4, 0.5) is 11.5 Å². The Morgan fingerprint density at radius 2 is 2.06 bits per heavy atom. The van der Waals surface area contributed by atoms with Crippen LogP contribution in [-0.2, 0) is 11.8 Å². The molecule has 0 atom stereocenters. The average molecular weight is 451 g/mol. The first-order chi connectivity index (χ1) is 15.3. The Kier molecular flexibility index (Phi) is 6.23. The van der Waals surface area contributed by atoms with E-state index in [1.807, 2.05) is 12.1 Å². The lowest BCUT2D eigenvalue weighted by molar-refractivity contribution is -0.730. The van der Waals surface area contributed by atoms with Crippen LogP contribution >= 0.6 is 11.8 Å². The number of nitrogens with zero attached hydrogens (tertiary/aromatic N) is 5. The van der Waals surface area contributed by atoms with Crippen LogP contribution in [0.2, 0.25) is 0 Å². The summed E-state index contributed by atoms with van der Waals surface area (Å²) in [5, 5.41) is 46.4. The van der Waals surface area contributed by atoms with Crippen LogP contribution in [0.15, 0.2) is 33.8 Å². The molecule has 1 aromatic carbocycles. The van der Waals surface area contributed by atoms with E-state index in [4.69, 9.17) is 10.8 Å². The SMILES string of the molecule is C[n+]1noc([O-])c1-c1c(C#N)c(N)nc(SCC(=O)Nc2cccc(C(=O)O)c2)c1C#N. The zero-order chi connectivity index (χ0) is 23.4. The molecule has 3 aromatic rings. The van der Waals surface area contributed by atoms with Crippen molar-refractivity contribution < 1.29 is 29.0 Å². The molecule has 12 nitrogen and oxygen atoms in total. The molecule has 2 heterocycles. The molecule has 0 aliphatic heterocycles. The number of rotatable bonds is 6. The van der Waals surface area contributed by atoms with E-state index in [0.29, 0.717) is 0 Å². The number of hydrogen-bond acceptors (Lipinski definition) is 10. The smallest absolute Gasteiger partial charge is 0.335 e. The number of carboxylic acid groups (broad SMARTS) is 1. The van der Waals surface area contributed by atoms with Gasteiger partial charge in [0.05, 0.1) is 27.7 Å². The molecule has 0 radical (unpaired) electrons. The van der Waals surface area contributed by atoms with Gasteiger partial charge in [0.15, 0.2) is 13.0 Å². The van der Waals surface area contributed by atoms with Crippen molar-refractivity contribution in [3.63, 3.8) is 0 Å². The predicted molar refractivity (Wildman–Crippen MR) is 107 cm³/mol. The molecule has 0 saturated heterocycles. The van der Waals surface area contributed by atoms with Gasteiger partial charge in [0.25, 0.3) is 5.69 Å². The summed E-state index contributed by atoms with van der Waals surface area (Å²) < 4.78 is 5.65. The fourth-order valence-corrected chi connectivity index (χ4v) is 3.57. The van der Waals surface area contributed by atoms with Crippen molar-refractivity contribution >= 4 is 35.1 Å². The van der Waals surface area contributed by atoms with Crippen molar-refractivity contribution in [2.45, 2.75) is 5.03 Å². The highest BCUT2D eigenvalue weighted by Gasteiger charge is 2.29. The second-order valence-corrected chi connectivity index (χ2v) is 7.17. The molecule has 0 fully saturated rings. The number of nitrogens with two attached hydrogens (primary N) is 1. The molecule has 13 heteroatoms. The van der Waals surface area contributed by atoms with Crippen LogP contribution in [0.25, 0.3) is 11.3 Å². The van der Waals surface area contributed by atoms with Crippen LogP contribution in [0.1, 0.15) is 21.5 Å². The topological polar surface area (TPSA) is 206 Å². The Balaban J connectivity index is 1.92. The van der Waals surface area contributed by atoms with Gasteiger partial charge in [0.1, 0.15) is 28.5 Å². The second kappa shape index (κ2) is 9.03. The monoisotopic (exact) mass is 451 g/mol. The Morgan fingerprint density at radius 1 is 1.34 bits per heavy atom. The minimum Gasteiger partial charge on any atom is -0.539 e. The van der Waals surface area contributed by atoms with E-state index < -0.39 is 17.8 Å². The van der Waals surface area contributed by atoms with E-state index in [2.05, 4.69) is 20.1 Å². The van der Waals surface area contributed by atoms with Gasteiger partial charge < -0.3 is 25.8 Å². The van der Waals surface area contributed by atoms with Crippen LogP contribution in [0.5, 0.6) is 5.95 Å². The number of benzene rings is 1. The van der Waals surface area contributed by atoms with Gasteiger partial charge in [0.2, 0.25) is 5.91 Å². The van der Waals surface area contributed by atoms with E-state index in [9.17, 15) is 25.2 Å². The number of aromatic nitrogens is 3. The summed E-state index contributed by atoms with van der Waals surface area (Å²) in [6.07, 6.45) is 0. The van der Waals surface area contributed by atoms with Crippen molar-refractivity contribution in [1.29, 1.82) is 10.5 Å². The van der Waals surface area contributed by atoms with E-state index >= 15 is 0 Å². The molecule has 0 bridgehead atoms. The van der Waals surface area contributed by atoms with Crippen molar-refractivity contribution in [2.75, 3.05) is 16.8 Å². The molecule has 0 unspecified atom stereocenters. The third kappa shape index (κ3) is 4.28. The van der Waals surface area contributed by atoms with E-state index in [0.717, 1.165) is 16.4 Å². The van der Waals surface area contributed by atoms with E-state index in [-0.39, 0.29) is 50.2 Å². The lowest BCUT2D eigenvalue weighted by Gasteiger charge is -2.11. The van der Waals surface area contributed by atoms with Crippen LogP contribution in [0.3, 0.4) is 0 Å². The third-order valence-corrected chi connectivity index (χ3v) is 5.12. The van der Waals surface area contributed by atoms with Gasteiger partial charge in [-0.05, 0) is 18.2 Å². The van der Waals surface area contributed by atoms with Crippen LogP contribution in [-0.4, -0.2) is 33.0 Å². The summed E-state index contributed by atoms with van der Waals surface area (Å²) >= 11 is 0.852. The first-order valence-corrected chi connectivity index (χ1v) is 9.68. The number of carbonyl (C=O) groups excluding carboxylic acids is 1. The van der Waals surface area contributed by atoms with Gasteiger partial charge in [-0.3, -0.25) is 4.79 Å². The largest absolute Gasteiger partial charge is 0.539 e. The maximum atomic E-state index is 12.3. The summed E-state index contributed by atoms with van der Waals surface area (Å²) in [5.74, 6) is -2.98. The molecule has 4 N–H and O–H groups in total. The fourth-order valence-electron chi connectivity index (χ4n) is 2.78. The number of anilines is 2. The Labute approximate surface area is 184 Å². The van der Waals surface area contributed by atoms with Crippen LogP contribution < -0.4 is 20.8 Å². The maximum absolute atomic E-state index is 12.3. The molecule has 0 spiro atoms. The number of aromatic carboxylic acids is 1. The van der Waals surface area contributed by atoms with Gasteiger partial charge in [-0.15, -0.1) is 0 Å². The second-order valence-electron chi connectivity index (χ2n) is 6.21. The zero-order valence-electron chi connectivity index (χ0n) is 16.3. The normalized spacial score (nSPS) is 10.2. The van der Waals surface area contributed by atoms with Crippen LogP contribution in [0, 0.1) is 22.7 Å². The molecule has 0 saturated carbocycles. The van der Waals surface area contributed by atoms with Gasteiger partial charge in [-0.25, -0.2) is 9.78 Å². The number of aryl methyl sites for hydroxylation is 1. The predicted octanol–water partition coefficient (Wildman–Crippen LogP) is 0.389. The van der Waals surface area contributed by atoms with Crippen molar-refractivity contribution in [3.05, 3.63) is 41.0 Å². The average Bonchev–Trinajstić information content (AvgIpc) is 3.09. The number of nitrogens with one attached hydrogen (secondary N) is 1. The molecule has 32 heavy (non-hydrogen) atoms. The quantitative estimate of drug-likeness (QED) is 0.345. The van der Waals surface area contributed by atoms with Crippen molar-refractivity contribution in [3.8, 4) is 29.3 Å². The highest BCUT2D eigenvalue weighted by atomic mass is 32.2. The summed E-state index contributed by atoms with van der Waals surface area (Å²) in [5.41, 5.74) is 5.55. The van der Waals surface area contributed by atoms with E-state index in [1.165, 1.54) is 31.3 Å². The summed E-state index contributed by atoms with van der Waals surface area (Å²) in [7, 11) is 1.39. The number of carbonyl (C=O) groups is 2. The molecule has 0 aliphatic rings. The summed E-state index contributed by atoms with van der Waals surface area (Å²) in [6, 6.07) is 9.40. The van der Waals surface area contributed by atoms with E-state index in [1.54, 1.807) is 0 Å². The first kappa shape index (κ1) is 22.1. The lowest BCUT2D eigenvalue weighted by atomic mass is 10.0. The third-order valence-electron chi connectivity index (χ3n) is 4.15. The number of thioether (sulfide) groups is 1. The van der Waals surface area contributed by atoms with Gasteiger partial charge >= 0.3 is 5.97 Å². The molecule has 3 rings (SSSR count). The fraction of sp³-hybridized carbons (Fsp3) is 0.105. The summed E-state index contributed by atoms with van der Waals surface area (Å²) in [6.45, 7) is 0. The lowest BCUT2D eigenvalue weighted by Crippen LogP contribution is -2.32. The zero-order valence-corrected chi connectivity index (χ0v) is 17.1. The Hall–Kier alpha value is -4.62. The van der Waals surface area contributed by atoms with Crippen molar-refractivity contribution in [2.24, 2.45) is 7.05 Å². The molecule has 0 aliphatic carbocycles. The standard InChI is InChI=1S/C19H13N7O5S/c1-26-15(19(30)31-25-26)14-11(6-20)16(22)24-17(12(14)7-21)32-8-13(27)23-10-4-2-3-9(5-10)18(28)29/h2-5H,8H2,1H3,(H4-,22,23,24,25,27,28,29,30). The number of pyridine rings is 1. The molecule has 160 valence electrons. The highest BCUT2D eigenvalue weighted by molar-refractivity contribution is 8.00. The minimum atomic E-state index is -1.14. The van der Waals surface area contributed by atoms with Gasteiger partial charge in [-0.2, -0.15) is 10.5 Å². The molecule has 1 amide bonds. The number of carboxylic acids is 1. The number of hydrogen-bond donors (Lipinski definition) is 3. The minimum absolute atomic E-state index is 0.00315. The maximum Gasteiger partial charge on any atom is 0.335 e. The number of amides is 1. The van der Waals surface area contributed by atoms with Gasteiger partial charge in [-0.1, -0.05) is 22.5 Å².